The molecule has 1 amide bonds. The molecule has 0 aromatic heterocycles. The van der Waals surface area contributed by atoms with Crippen molar-refractivity contribution in [2.24, 2.45) is 0 Å². The topological polar surface area (TPSA) is 228 Å². The van der Waals surface area contributed by atoms with Gasteiger partial charge in [-0.3, -0.25) is 4.79 Å². The fourth-order valence-corrected chi connectivity index (χ4v) is 11.4. The maximum Gasteiger partial charge on any atom is 0.220 e. The number of aliphatic hydroxyl groups is 8. The van der Waals surface area contributed by atoms with Crippen molar-refractivity contribution in [3.8, 4) is 0 Å². The zero-order valence-corrected chi connectivity index (χ0v) is 55.4. The van der Waals surface area contributed by atoms with Crippen molar-refractivity contribution in [3.05, 3.63) is 85.1 Å². The van der Waals surface area contributed by atoms with Crippen molar-refractivity contribution in [1.82, 2.24) is 5.32 Å². The first-order valence-electron chi connectivity index (χ1n) is 35.8. The Hall–Kier alpha value is -2.83. The SMILES string of the molecule is CC/C=C\C/C=C\C/C=C\C/C=C\C/C=C\C/C=C\CCCCCCCCCCCCCCCCCCCCCCC(=O)NC(COC1OC(CO)C(OC2OC(CO)C(O)C(O)C2O)C(O)C1O)C(O)/C=C/CCCCCCCCCCCCCCC. The van der Waals surface area contributed by atoms with Crippen LogP contribution in [0.15, 0.2) is 85.1 Å². The van der Waals surface area contributed by atoms with Crippen LogP contribution in [0.4, 0.5) is 0 Å². The zero-order valence-electron chi connectivity index (χ0n) is 55.4. The number of unbranched alkanes of at least 4 members (excludes halogenated alkanes) is 33. The molecule has 88 heavy (non-hydrogen) atoms. The minimum absolute atomic E-state index is 0.237. The molecule has 2 aliphatic heterocycles. The zero-order chi connectivity index (χ0) is 63.8. The predicted octanol–water partition coefficient (Wildman–Crippen LogP) is 14.8. The second kappa shape index (κ2) is 58.0. The summed E-state index contributed by atoms with van der Waals surface area (Å²) in [5, 5.41) is 87.3. The van der Waals surface area contributed by atoms with E-state index in [2.05, 4.69) is 92.1 Å². The molecule has 0 aliphatic carbocycles. The third kappa shape index (κ3) is 41.6. The van der Waals surface area contributed by atoms with E-state index in [-0.39, 0.29) is 18.9 Å². The van der Waals surface area contributed by atoms with Gasteiger partial charge in [0.15, 0.2) is 12.6 Å². The highest BCUT2D eigenvalue weighted by molar-refractivity contribution is 5.76. The minimum atomic E-state index is -1.79. The molecule has 2 fully saturated rings. The number of rotatable bonds is 58. The molecule has 9 N–H and O–H groups in total. The molecule has 2 aliphatic rings. The second-order valence-electron chi connectivity index (χ2n) is 25.0. The van der Waals surface area contributed by atoms with E-state index in [1.54, 1.807) is 6.08 Å². The summed E-state index contributed by atoms with van der Waals surface area (Å²) in [4.78, 5) is 13.3. The highest BCUT2D eigenvalue weighted by Gasteiger charge is 2.51. The van der Waals surface area contributed by atoms with Gasteiger partial charge in [0.2, 0.25) is 5.91 Å². The van der Waals surface area contributed by atoms with Gasteiger partial charge < -0.3 is 65.1 Å². The molecule has 0 spiro atoms. The average molecular weight is 1240 g/mol. The largest absolute Gasteiger partial charge is 0.394 e. The van der Waals surface area contributed by atoms with Crippen LogP contribution >= 0.6 is 0 Å². The molecule has 12 unspecified atom stereocenters. The van der Waals surface area contributed by atoms with E-state index < -0.39 is 86.8 Å². The molecule has 14 nitrogen and oxygen atoms in total. The third-order valence-corrected chi connectivity index (χ3v) is 17.1. The van der Waals surface area contributed by atoms with E-state index in [0.29, 0.717) is 6.42 Å². The van der Waals surface area contributed by atoms with E-state index in [1.807, 2.05) is 6.08 Å². The van der Waals surface area contributed by atoms with Crippen molar-refractivity contribution < 1.29 is 64.6 Å². The first kappa shape index (κ1) is 81.3. The molecule has 14 heteroatoms. The van der Waals surface area contributed by atoms with Gasteiger partial charge in [-0.05, 0) is 70.6 Å². The van der Waals surface area contributed by atoms with Crippen molar-refractivity contribution in [2.75, 3.05) is 19.8 Å². The summed E-state index contributed by atoms with van der Waals surface area (Å²) in [6.07, 6.45) is 63.7. The summed E-state index contributed by atoms with van der Waals surface area (Å²) in [6, 6.07) is -0.916. The van der Waals surface area contributed by atoms with Crippen LogP contribution in [0.25, 0.3) is 0 Å². The Morgan fingerprint density at radius 3 is 1.20 bits per heavy atom. The number of aliphatic hydroxyl groups excluding tert-OH is 8. The van der Waals surface area contributed by atoms with Gasteiger partial charge in [-0.25, -0.2) is 0 Å². The van der Waals surface area contributed by atoms with Gasteiger partial charge >= 0.3 is 0 Å². The van der Waals surface area contributed by atoms with E-state index in [9.17, 15) is 45.6 Å². The molecule has 0 radical (unpaired) electrons. The van der Waals surface area contributed by atoms with Crippen LogP contribution in [0, 0.1) is 0 Å². The summed E-state index contributed by atoms with van der Waals surface area (Å²) < 4.78 is 22.8. The van der Waals surface area contributed by atoms with Crippen molar-refractivity contribution in [2.45, 2.75) is 357 Å². The lowest BCUT2D eigenvalue weighted by molar-refractivity contribution is -0.359. The van der Waals surface area contributed by atoms with Crippen LogP contribution in [0.5, 0.6) is 0 Å². The maximum atomic E-state index is 13.3. The molecule has 0 aromatic rings. The molecule has 12 atom stereocenters. The summed E-state index contributed by atoms with van der Waals surface area (Å²) in [5.41, 5.74) is 0. The third-order valence-electron chi connectivity index (χ3n) is 17.1. The van der Waals surface area contributed by atoms with Crippen molar-refractivity contribution in [3.63, 3.8) is 0 Å². The first-order chi connectivity index (χ1) is 43.1. The number of hydrogen-bond donors (Lipinski definition) is 9. The molecule has 0 aromatic carbocycles. The molecule has 2 saturated heterocycles. The number of hydrogen-bond acceptors (Lipinski definition) is 13. The fourth-order valence-electron chi connectivity index (χ4n) is 11.4. The monoisotopic (exact) mass is 1240 g/mol. The van der Waals surface area contributed by atoms with E-state index in [4.69, 9.17) is 18.9 Å². The Morgan fingerprint density at radius 2 is 0.784 bits per heavy atom. The Kier molecular flexibility index (Phi) is 53.6. The molecule has 0 saturated carbocycles. The maximum absolute atomic E-state index is 13.3. The molecule has 510 valence electrons. The summed E-state index contributed by atoms with van der Waals surface area (Å²) >= 11 is 0. The van der Waals surface area contributed by atoms with Crippen LogP contribution in [0.1, 0.15) is 284 Å². The minimum Gasteiger partial charge on any atom is -0.394 e. The predicted molar refractivity (Wildman–Crippen MR) is 360 cm³/mol. The van der Waals surface area contributed by atoms with Gasteiger partial charge in [-0.1, -0.05) is 292 Å². The fraction of sp³-hybridized carbons (Fsp3) is 0.797. The molecule has 2 heterocycles. The highest BCUT2D eigenvalue weighted by Crippen LogP contribution is 2.30. The molecule has 0 bridgehead atoms. The van der Waals surface area contributed by atoms with Crippen LogP contribution in [-0.4, -0.2) is 140 Å². The standard InChI is InChI=1S/C74H131NO13/c1-3-5-7-9-11-13-15-17-19-20-21-22-23-24-25-26-27-28-29-30-31-32-33-34-35-36-37-38-39-40-41-42-44-46-48-50-52-54-56-58-66(79)75-62(63(78)57-55-53-51-49-47-45-43-18-16-14-12-10-8-6-4-2)61-85-73-71(84)69(82)72(65(60-77)87-73)88-74-70(83)68(81)67(80)64(59-76)86-74/h5,7,11,13,17,19,21-22,24-25,27-28,55,57,62-65,67-74,76-78,80-84H,3-4,6,8-10,12,14-16,18,20,23,26,29-54,56,58-61H2,1-2H3,(H,75,79)/b7-5-,13-11-,19-17-,22-21-,25-24-,28-27-,57-55+. The number of nitrogens with one attached hydrogen (secondary N) is 1. The van der Waals surface area contributed by atoms with Crippen LogP contribution < -0.4 is 5.32 Å². The lowest BCUT2D eigenvalue weighted by Gasteiger charge is -2.46. The lowest BCUT2D eigenvalue weighted by atomic mass is 9.97. The Labute approximate surface area is 535 Å². The van der Waals surface area contributed by atoms with Gasteiger partial charge in [0, 0.05) is 6.42 Å². The Bertz CT molecular complexity index is 1800. The van der Waals surface area contributed by atoms with Gasteiger partial charge in [-0.2, -0.15) is 0 Å². The number of carbonyl (C=O) groups excluding carboxylic acids is 1. The van der Waals surface area contributed by atoms with Crippen LogP contribution in [0.2, 0.25) is 0 Å². The number of ether oxygens (including phenoxy) is 4. The summed E-state index contributed by atoms with van der Waals surface area (Å²) in [6.45, 7) is 2.70. The molecular weight excluding hydrogens is 1110 g/mol. The van der Waals surface area contributed by atoms with Gasteiger partial charge in [0.25, 0.3) is 0 Å². The average Bonchev–Trinajstić information content (AvgIpc) is 2.99. The summed E-state index contributed by atoms with van der Waals surface area (Å²) in [7, 11) is 0. The smallest absolute Gasteiger partial charge is 0.220 e. The number of allylic oxidation sites excluding steroid dienone is 13. The first-order valence-corrected chi connectivity index (χ1v) is 35.8. The van der Waals surface area contributed by atoms with Crippen molar-refractivity contribution in [1.29, 1.82) is 0 Å². The van der Waals surface area contributed by atoms with Crippen LogP contribution in [-0.2, 0) is 23.7 Å². The number of carbonyl (C=O) groups is 1. The Balaban J connectivity index is 1.58. The highest BCUT2D eigenvalue weighted by atomic mass is 16.7. The summed E-state index contributed by atoms with van der Waals surface area (Å²) in [5.74, 6) is -0.237. The van der Waals surface area contributed by atoms with Gasteiger partial charge in [0.05, 0.1) is 32.0 Å². The Morgan fingerprint density at radius 1 is 0.420 bits per heavy atom. The molecule has 2 rings (SSSR count). The molecular formula is C74H131NO13. The van der Waals surface area contributed by atoms with E-state index in [1.165, 1.54) is 180 Å². The normalized spacial score (nSPS) is 23.7. The van der Waals surface area contributed by atoms with Gasteiger partial charge in [-0.15, -0.1) is 0 Å². The second-order valence-corrected chi connectivity index (χ2v) is 25.0. The van der Waals surface area contributed by atoms with Crippen molar-refractivity contribution >= 4 is 5.91 Å². The quantitative estimate of drug-likeness (QED) is 0.0204. The van der Waals surface area contributed by atoms with Crippen LogP contribution in [0.3, 0.4) is 0 Å². The van der Waals surface area contributed by atoms with E-state index in [0.717, 1.165) is 77.0 Å². The van der Waals surface area contributed by atoms with Gasteiger partial charge in [0.1, 0.15) is 48.8 Å². The van der Waals surface area contributed by atoms with E-state index >= 15 is 0 Å². The lowest BCUT2D eigenvalue weighted by Crippen LogP contribution is -2.65. The number of amides is 1.